The van der Waals surface area contributed by atoms with Crippen LogP contribution in [-0.4, -0.2) is 24.9 Å². The number of carbonyl (C=O) groups excluding carboxylic acids is 1. The predicted octanol–water partition coefficient (Wildman–Crippen LogP) is 1.89. The first-order valence-electron chi connectivity index (χ1n) is 6.12. The molecule has 1 rings (SSSR count). The van der Waals surface area contributed by atoms with Gasteiger partial charge in [-0.2, -0.15) is 0 Å². The van der Waals surface area contributed by atoms with Gasteiger partial charge in [-0.1, -0.05) is 30.3 Å². The molecule has 0 aliphatic heterocycles. The van der Waals surface area contributed by atoms with Crippen molar-refractivity contribution in [3.05, 3.63) is 35.9 Å². The Kier molecular flexibility index (Phi) is 4.57. The third-order valence-corrected chi connectivity index (χ3v) is 2.33. The number of hydrogen-bond acceptors (Lipinski definition) is 3. The molecule has 4 heteroatoms. The van der Waals surface area contributed by atoms with Crippen LogP contribution in [0.15, 0.2) is 30.3 Å². The Morgan fingerprint density at radius 2 is 1.72 bits per heavy atom. The Morgan fingerprint density at radius 1 is 1.17 bits per heavy atom. The molecule has 98 valence electrons. The lowest BCUT2D eigenvalue weighted by atomic mass is 9.83. The normalized spacial score (nSPS) is 14.9. The summed E-state index contributed by atoms with van der Waals surface area (Å²) in [6, 6.07) is 9.76. The second kappa shape index (κ2) is 5.57. The number of esters is 1. The third kappa shape index (κ3) is 4.92. The molecular weight excluding hydrogens is 227 g/mol. The van der Waals surface area contributed by atoms with E-state index in [0.29, 0.717) is 6.61 Å². The van der Waals surface area contributed by atoms with E-state index in [-0.39, 0.29) is 5.97 Å². The van der Waals surface area contributed by atoms with Crippen molar-refractivity contribution in [1.29, 1.82) is 0 Å². The van der Waals surface area contributed by atoms with Crippen LogP contribution in [-0.2, 0) is 20.9 Å². The maximum absolute atomic E-state index is 12.0. The van der Waals surface area contributed by atoms with Gasteiger partial charge in [0, 0.05) is 0 Å². The number of ether oxygens (including phenoxy) is 2. The van der Waals surface area contributed by atoms with E-state index in [9.17, 15) is 4.79 Å². The van der Waals surface area contributed by atoms with Crippen molar-refractivity contribution in [3.63, 3.8) is 0 Å². The minimum absolute atomic E-state index is 0.342. The number of carbonyl (C=O) groups is 1. The lowest BCUT2D eigenvalue weighted by Gasteiger charge is -2.28. The van der Waals surface area contributed by atoms with Crippen LogP contribution in [0.3, 0.4) is 0 Å². The summed E-state index contributed by atoms with van der Waals surface area (Å²) in [5, 5.41) is 0. The van der Waals surface area contributed by atoms with E-state index in [0.717, 1.165) is 5.56 Å². The maximum atomic E-state index is 12.0. The summed E-state index contributed by atoms with van der Waals surface area (Å²) in [7, 11) is 1.73. The zero-order chi connectivity index (χ0) is 13.8. The van der Waals surface area contributed by atoms with Gasteiger partial charge in [-0.25, -0.2) is 4.79 Å². The highest BCUT2D eigenvalue weighted by Gasteiger charge is 2.33. The largest absolute Gasteiger partial charge is 0.458 e. The van der Waals surface area contributed by atoms with Crippen LogP contribution in [0.2, 0.25) is 0 Å². The smallest absolute Gasteiger partial charge is 0.329 e. The number of benzene rings is 1. The molecule has 0 saturated heterocycles. The average Bonchev–Trinajstić information content (AvgIpc) is 2.26. The average molecular weight is 248 g/mol. The van der Waals surface area contributed by atoms with E-state index in [1.54, 1.807) is 14.8 Å². The van der Waals surface area contributed by atoms with Crippen LogP contribution in [0.1, 0.15) is 33.3 Å². The van der Waals surface area contributed by atoms with Crippen molar-refractivity contribution in [2.45, 2.75) is 45.4 Å². The van der Waals surface area contributed by atoms with E-state index < -0.39 is 11.1 Å². The van der Waals surface area contributed by atoms with Crippen LogP contribution in [0, 0.1) is 0 Å². The molecule has 1 atom stereocenters. The molecule has 0 aliphatic carbocycles. The Bertz CT molecular complexity index is 393. The molecule has 0 bridgehead atoms. The van der Waals surface area contributed by atoms with E-state index >= 15 is 0 Å². The molecule has 18 heavy (non-hydrogen) atoms. The highest BCUT2D eigenvalue weighted by molar-refractivity contribution is 6.25. The molecule has 1 aromatic carbocycles. The molecular formula is C14H21BO3. The zero-order valence-corrected chi connectivity index (χ0v) is 11.8. The van der Waals surface area contributed by atoms with E-state index in [1.165, 1.54) is 0 Å². The summed E-state index contributed by atoms with van der Waals surface area (Å²) in [4.78, 5) is 12.0. The molecule has 0 aromatic heterocycles. The molecule has 0 spiro atoms. The molecule has 0 saturated carbocycles. The molecule has 0 amide bonds. The zero-order valence-electron chi connectivity index (χ0n) is 11.8. The Balaban J connectivity index is 2.57. The summed E-state index contributed by atoms with van der Waals surface area (Å²) in [5.74, 6) is -0.342. The summed E-state index contributed by atoms with van der Waals surface area (Å²) in [6.07, 6.45) is 0. The van der Waals surface area contributed by atoms with Crippen LogP contribution < -0.4 is 0 Å². The SMILES string of the molecule is BC(C)(OCc1ccccc1)C(=O)OC(C)(C)C. The van der Waals surface area contributed by atoms with E-state index in [2.05, 4.69) is 0 Å². The Hall–Kier alpha value is -1.29. The molecule has 0 aliphatic rings. The van der Waals surface area contributed by atoms with Crippen molar-refractivity contribution < 1.29 is 14.3 Å². The molecule has 0 N–H and O–H groups in total. The molecule has 0 fully saturated rings. The van der Waals surface area contributed by atoms with Gasteiger partial charge >= 0.3 is 5.97 Å². The van der Waals surface area contributed by atoms with Gasteiger partial charge in [0.1, 0.15) is 11.1 Å². The second-order valence-corrected chi connectivity index (χ2v) is 5.79. The standard InChI is InChI=1S/C14H21BO3/c1-13(2,3)18-12(16)14(4,15)17-10-11-8-6-5-7-9-11/h5-9H,10,15H2,1-4H3. The van der Waals surface area contributed by atoms with Gasteiger partial charge in [0.2, 0.25) is 0 Å². The molecule has 3 nitrogen and oxygen atoms in total. The van der Waals surface area contributed by atoms with Crippen LogP contribution in [0.25, 0.3) is 0 Å². The summed E-state index contributed by atoms with van der Waals surface area (Å²) in [5.41, 5.74) is -0.401. The Labute approximate surface area is 110 Å². The lowest BCUT2D eigenvalue weighted by molar-refractivity contribution is -0.173. The molecule has 0 radical (unpaired) electrons. The van der Waals surface area contributed by atoms with Gasteiger partial charge in [-0.3, -0.25) is 0 Å². The minimum atomic E-state index is -0.941. The van der Waals surface area contributed by atoms with Gasteiger partial charge in [-0.15, -0.1) is 0 Å². The van der Waals surface area contributed by atoms with E-state index in [4.69, 9.17) is 9.47 Å². The van der Waals surface area contributed by atoms with Gasteiger partial charge in [-0.05, 0) is 33.3 Å². The fourth-order valence-corrected chi connectivity index (χ4v) is 1.30. The fraction of sp³-hybridized carbons (Fsp3) is 0.500. The highest BCUT2D eigenvalue weighted by Crippen LogP contribution is 2.16. The van der Waals surface area contributed by atoms with Crippen LogP contribution in [0.4, 0.5) is 0 Å². The molecule has 1 unspecified atom stereocenters. The lowest BCUT2D eigenvalue weighted by Crippen LogP contribution is -2.43. The van der Waals surface area contributed by atoms with Crippen molar-refractivity contribution >= 4 is 13.8 Å². The Morgan fingerprint density at radius 3 is 2.22 bits per heavy atom. The monoisotopic (exact) mass is 248 g/mol. The minimum Gasteiger partial charge on any atom is -0.458 e. The quantitative estimate of drug-likeness (QED) is 0.603. The summed E-state index contributed by atoms with van der Waals surface area (Å²) >= 11 is 0. The first kappa shape index (κ1) is 14.8. The van der Waals surface area contributed by atoms with Crippen molar-refractivity contribution in [3.8, 4) is 0 Å². The van der Waals surface area contributed by atoms with Gasteiger partial charge in [0.15, 0.2) is 7.85 Å². The molecule has 1 aromatic rings. The topological polar surface area (TPSA) is 35.5 Å². The highest BCUT2D eigenvalue weighted by atomic mass is 16.6. The molecule has 0 heterocycles. The predicted molar refractivity (Wildman–Crippen MR) is 74.0 cm³/mol. The van der Waals surface area contributed by atoms with Gasteiger partial charge in [0.05, 0.1) is 6.61 Å². The van der Waals surface area contributed by atoms with Crippen LogP contribution in [0.5, 0.6) is 0 Å². The van der Waals surface area contributed by atoms with Crippen molar-refractivity contribution in [1.82, 2.24) is 0 Å². The summed E-state index contributed by atoms with van der Waals surface area (Å²) in [6.45, 7) is 7.66. The first-order chi connectivity index (χ1) is 8.21. The number of rotatable bonds is 4. The maximum Gasteiger partial charge on any atom is 0.329 e. The van der Waals surface area contributed by atoms with Crippen LogP contribution >= 0.6 is 0 Å². The van der Waals surface area contributed by atoms with Crippen molar-refractivity contribution in [2.24, 2.45) is 0 Å². The third-order valence-electron chi connectivity index (χ3n) is 2.33. The summed E-state index contributed by atoms with van der Waals surface area (Å²) < 4.78 is 11.0. The fourth-order valence-electron chi connectivity index (χ4n) is 1.30. The van der Waals surface area contributed by atoms with Crippen molar-refractivity contribution in [2.75, 3.05) is 0 Å². The first-order valence-corrected chi connectivity index (χ1v) is 6.12. The number of hydrogen-bond donors (Lipinski definition) is 0. The van der Waals surface area contributed by atoms with E-state index in [1.807, 2.05) is 51.1 Å². The van der Waals surface area contributed by atoms with Gasteiger partial charge in [0.25, 0.3) is 0 Å². The van der Waals surface area contributed by atoms with Gasteiger partial charge < -0.3 is 9.47 Å². The second-order valence-electron chi connectivity index (χ2n) is 5.79.